The molecule has 25 heavy (non-hydrogen) atoms. The molecular formula is C18H25NO6. The zero-order valence-electron chi connectivity index (χ0n) is 14.9. The fraction of sp³-hybridized carbons (Fsp3) is 0.778. The molecule has 0 aromatic carbocycles. The summed E-state index contributed by atoms with van der Waals surface area (Å²) in [6.45, 7) is 6.70. The Morgan fingerprint density at radius 3 is 2.68 bits per heavy atom. The lowest BCUT2D eigenvalue weighted by Gasteiger charge is -2.32. The zero-order valence-corrected chi connectivity index (χ0v) is 14.9. The SMILES string of the molecule is C[C@@H]1C[C@@]2(O[C@H]2C)C(=O)O[C@@H]2CCN3CC=C(COC(=O)[C@]1(C)O)[C@H]23. The van der Waals surface area contributed by atoms with Crippen LogP contribution in [-0.2, 0) is 23.8 Å². The smallest absolute Gasteiger partial charge is 0.341 e. The number of carbonyl (C=O) groups excluding carboxylic acids is 2. The number of cyclic esters (lactones) is 1. The van der Waals surface area contributed by atoms with Gasteiger partial charge in [0.15, 0.2) is 11.2 Å². The molecule has 4 aliphatic heterocycles. The Kier molecular flexibility index (Phi) is 3.76. The fourth-order valence-corrected chi connectivity index (χ4v) is 4.31. The molecule has 7 heteroatoms. The third-order valence-corrected chi connectivity index (χ3v) is 6.36. The van der Waals surface area contributed by atoms with Gasteiger partial charge in [-0.15, -0.1) is 0 Å². The molecule has 1 N–H and O–H groups in total. The second-order valence-corrected chi connectivity index (χ2v) is 7.93. The van der Waals surface area contributed by atoms with Crippen molar-refractivity contribution in [1.29, 1.82) is 0 Å². The molecule has 138 valence electrons. The van der Waals surface area contributed by atoms with E-state index in [1.165, 1.54) is 6.92 Å². The van der Waals surface area contributed by atoms with Crippen molar-refractivity contribution in [2.45, 2.75) is 63.1 Å². The molecule has 0 aromatic heterocycles. The van der Waals surface area contributed by atoms with E-state index in [9.17, 15) is 14.7 Å². The van der Waals surface area contributed by atoms with Crippen molar-refractivity contribution in [3.8, 4) is 0 Å². The minimum absolute atomic E-state index is 0.0512. The Hall–Kier alpha value is -1.44. The van der Waals surface area contributed by atoms with Gasteiger partial charge in [0.05, 0.1) is 12.1 Å². The van der Waals surface area contributed by atoms with Crippen LogP contribution in [-0.4, -0.2) is 71.1 Å². The third kappa shape index (κ3) is 2.52. The van der Waals surface area contributed by atoms with E-state index in [1.807, 2.05) is 13.0 Å². The number of hydrogen-bond acceptors (Lipinski definition) is 7. The van der Waals surface area contributed by atoms with Gasteiger partial charge < -0.3 is 19.3 Å². The lowest BCUT2D eigenvalue weighted by atomic mass is 9.82. The number of hydrogen-bond donors (Lipinski definition) is 1. The molecule has 7 nitrogen and oxygen atoms in total. The Morgan fingerprint density at radius 2 is 2.00 bits per heavy atom. The molecule has 3 fully saturated rings. The summed E-state index contributed by atoms with van der Waals surface area (Å²) in [6, 6.07) is -0.0512. The standard InChI is InChI=1S/C18H25NO6/c1-10-8-18(11(2)25-18)16(21)24-13-5-7-19-6-4-12(14(13)19)9-23-15(20)17(10,3)22/h4,10-11,13-14,22H,5-9H2,1-3H3/t10-,11+,13-,14-,17-,18+/m1/s1. The van der Waals surface area contributed by atoms with Gasteiger partial charge in [0.1, 0.15) is 12.7 Å². The van der Waals surface area contributed by atoms with E-state index in [0.717, 1.165) is 25.1 Å². The van der Waals surface area contributed by atoms with Crippen molar-refractivity contribution in [1.82, 2.24) is 4.90 Å². The number of ether oxygens (including phenoxy) is 3. The van der Waals surface area contributed by atoms with Crippen molar-refractivity contribution in [3.05, 3.63) is 11.6 Å². The van der Waals surface area contributed by atoms with E-state index in [-0.39, 0.29) is 37.2 Å². The third-order valence-electron chi connectivity index (χ3n) is 6.36. The molecule has 0 radical (unpaired) electrons. The van der Waals surface area contributed by atoms with E-state index in [4.69, 9.17) is 14.2 Å². The predicted octanol–water partition coefficient (Wildman–Crippen LogP) is 0.404. The summed E-state index contributed by atoms with van der Waals surface area (Å²) in [6.07, 6.45) is 2.48. The van der Waals surface area contributed by atoms with Crippen LogP contribution in [0.1, 0.15) is 33.6 Å². The first-order chi connectivity index (χ1) is 11.8. The predicted molar refractivity (Wildman–Crippen MR) is 86.6 cm³/mol. The molecule has 4 aliphatic rings. The van der Waals surface area contributed by atoms with Crippen molar-refractivity contribution in [2.75, 3.05) is 19.7 Å². The average Bonchev–Trinajstić information content (AvgIpc) is 2.91. The summed E-state index contributed by atoms with van der Waals surface area (Å²) in [5, 5.41) is 10.7. The second kappa shape index (κ2) is 5.53. The van der Waals surface area contributed by atoms with Gasteiger partial charge in [-0.05, 0) is 38.2 Å². The molecule has 4 rings (SSSR count). The van der Waals surface area contributed by atoms with Crippen LogP contribution < -0.4 is 0 Å². The topological polar surface area (TPSA) is 88.6 Å². The van der Waals surface area contributed by atoms with Gasteiger partial charge in [0.25, 0.3) is 0 Å². The first-order valence-corrected chi connectivity index (χ1v) is 8.97. The molecule has 0 aliphatic carbocycles. The zero-order chi connectivity index (χ0) is 18.0. The Morgan fingerprint density at radius 1 is 1.28 bits per heavy atom. The highest BCUT2D eigenvalue weighted by molar-refractivity contribution is 5.84. The van der Waals surface area contributed by atoms with Gasteiger partial charge in [-0.25, -0.2) is 9.59 Å². The summed E-state index contributed by atoms with van der Waals surface area (Å²) in [5.74, 6) is -1.55. The van der Waals surface area contributed by atoms with E-state index < -0.39 is 23.1 Å². The van der Waals surface area contributed by atoms with Crippen molar-refractivity contribution in [3.63, 3.8) is 0 Å². The first-order valence-electron chi connectivity index (χ1n) is 8.97. The molecule has 3 saturated heterocycles. The number of epoxide rings is 1. The number of esters is 2. The summed E-state index contributed by atoms with van der Waals surface area (Å²) >= 11 is 0. The highest BCUT2D eigenvalue weighted by atomic mass is 16.7. The van der Waals surface area contributed by atoms with Crippen LogP contribution in [0.15, 0.2) is 11.6 Å². The largest absolute Gasteiger partial charge is 0.459 e. The van der Waals surface area contributed by atoms with Crippen molar-refractivity contribution in [2.24, 2.45) is 5.92 Å². The number of carbonyl (C=O) groups is 2. The molecule has 0 saturated carbocycles. The average molecular weight is 351 g/mol. The van der Waals surface area contributed by atoms with E-state index in [1.54, 1.807) is 6.92 Å². The Bertz CT molecular complexity index is 643. The fourth-order valence-electron chi connectivity index (χ4n) is 4.31. The highest BCUT2D eigenvalue weighted by Gasteiger charge is 2.64. The normalized spacial score (nSPS) is 47.4. The van der Waals surface area contributed by atoms with E-state index in [2.05, 4.69) is 4.90 Å². The lowest BCUT2D eigenvalue weighted by Crippen LogP contribution is -2.48. The minimum atomic E-state index is -1.69. The Labute approximate surface area is 146 Å². The summed E-state index contributed by atoms with van der Waals surface area (Å²) in [7, 11) is 0. The maximum Gasteiger partial charge on any atom is 0.341 e. The highest BCUT2D eigenvalue weighted by Crippen LogP contribution is 2.46. The molecular weight excluding hydrogens is 326 g/mol. The number of nitrogens with zero attached hydrogens (tertiary/aromatic N) is 1. The van der Waals surface area contributed by atoms with E-state index in [0.29, 0.717) is 0 Å². The van der Waals surface area contributed by atoms with Gasteiger partial charge in [-0.2, -0.15) is 0 Å². The van der Waals surface area contributed by atoms with Crippen molar-refractivity contribution < 1.29 is 28.9 Å². The van der Waals surface area contributed by atoms with Gasteiger partial charge >= 0.3 is 11.9 Å². The lowest BCUT2D eigenvalue weighted by molar-refractivity contribution is -0.172. The van der Waals surface area contributed by atoms with Gasteiger partial charge in [0, 0.05) is 13.1 Å². The Balaban J connectivity index is 1.66. The monoisotopic (exact) mass is 351 g/mol. The number of rotatable bonds is 0. The molecule has 1 spiro atoms. The molecule has 6 atom stereocenters. The molecule has 4 heterocycles. The van der Waals surface area contributed by atoms with Gasteiger partial charge in [-0.1, -0.05) is 13.0 Å². The van der Waals surface area contributed by atoms with Gasteiger partial charge in [0.2, 0.25) is 0 Å². The van der Waals surface area contributed by atoms with Crippen LogP contribution in [0, 0.1) is 5.92 Å². The van der Waals surface area contributed by atoms with Crippen molar-refractivity contribution >= 4 is 11.9 Å². The van der Waals surface area contributed by atoms with Crippen LogP contribution in [0.3, 0.4) is 0 Å². The van der Waals surface area contributed by atoms with E-state index >= 15 is 0 Å². The minimum Gasteiger partial charge on any atom is -0.459 e. The maximum atomic E-state index is 12.9. The molecule has 0 unspecified atom stereocenters. The van der Waals surface area contributed by atoms with Crippen LogP contribution in [0.2, 0.25) is 0 Å². The van der Waals surface area contributed by atoms with Gasteiger partial charge in [-0.3, -0.25) is 4.90 Å². The quantitative estimate of drug-likeness (QED) is 0.384. The summed E-state index contributed by atoms with van der Waals surface area (Å²) in [5.41, 5.74) is -1.82. The second-order valence-electron chi connectivity index (χ2n) is 7.93. The first kappa shape index (κ1) is 17.0. The molecule has 0 bridgehead atoms. The van der Waals surface area contributed by atoms with Crippen LogP contribution in [0.25, 0.3) is 0 Å². The summed E-state index contributed by atoms with van der Waals surface area (Å²) in [4.78, 5) is 27.5. The summed E-state index contributed by atoms with van der Waals surface area (Å²) < 4.78 is 16.9. The molecule has 0 aromatic rings. The number of aliphatic hydroxyl groups is 1. The maximum absolute atomic E-state index is 12.9. The van der Waals surface area contributed by atoms with Crippen LogP contribution in [0.5, 0.6) is 0 Å². The molecule has 0 amide bonds. The van der Waals surface area contributed by atoms with Crippen LogP contribution in [0.4, 0.5) is 0 Å². The van der Waals surface area contributed by atoms with Crippen LogP contribution >= 0.6 is 0 Å².